The third kappa shape index (κ3) is 8.04. The maximum absolute atomic E-state index is 12.5. The van der Waals surface area contributed by atoms with Crippen LogP contribution in [0.4, 0.5) is 4.79 Å². The summed E-state index contributed by atoms with van der Waals surface area (Å²) in [4.78, 5) is 24.8. The van der Waals surface area contributed by atoms with Crippen molar-refractivity contribution in [2.45, 2.75) is 25.7 Å². The number of hydrogen-bond acceptors (Lipinski definition) is 5. The van der Waals surface area contributed by atoms with Gasteiger partial charge in [0, 0.05) is 6.42 Å². The first kappa shape index (κ1) is 23.4. The van der Waals surface area contributed by atoms with Gasteiger partial charge in [-0.2, -0.15) is 5.26 Å². The van der Waals surface area contributed by atoms with Crippen LogP contribution < -0.4 is 15.4 Å². The molecule has 2 N–H and O–H groups in total. The summed E-state index contributed by atoms with van der Waals surface area (Å²) in [5, 5.41) is 13.8. The Labute approximate surface area is 193 Å². The number of ether oxygens (including phenoxy) is 2. The maximum atomic E-state index is 12.5. The molecule has 0 aliphatic rings. The minimum Gasteiger partial charge on any atom is -0.489 e. The second-order valence-corrected chi connectivity index (χ2v) is 7.26. The first-order chi connectivity index (χ1) is 16.1. The molecule has 7 heteroatoms. The summed E-state index contributed by atoms with van der Waals surface area (Å²) in [5.74, 6) is 0.237. The molecule has 0 bridgehead atoms. The highest BCUT2D eigenvalue weighted by atomic mass is 16.5. The summed E-state index contributed by atoms with van der Waals surface area (Å²) >= 11 is 0. The van der Waals surface area contributed by atoms with Crippen LogP contribution in [0.15, 0.2) is 84.9 Å². The van der Waals surface area contributed by atoms with Crippen LogP contribution in [0.25, 0.3) is 0 Å². The van der Waals surface area contributed by atoms with E-state index in [1.807, 2.05) is 91.0 Å². The number of rotatable bonds is 10. The van der Waals surface area contributed by atoms with Gasteiger partial charge in [0.15, 0.2) is 0 Å². The molecule has 168 valence electrons. The van der Waals surface area contributed by atoms with E-state index >= 15 is 0 Å². The number of nitrogens with zero attached hydrogens (tertiary/aromatic N) is 1. The van der Waals surface area contributed by atoms with Gasteiger partial charge in [-0.25, -0.2) is 4.79 Å². The molecule has 0 heterocycles. The van der Waals surface area contributed by atoms with Gasteiger partial charge in [-0.3, -0.25) is 4.79 Å². The number of alkyl carbamates (subject to hydrolysis) is 1. The van der Waals surface area contributed by atoms with Gasteiger partial charge < -0.3 is 20.1 Å². The van der Waals surface area contributed by atoms with Crippen molar-refractivity contribution in [2.75, 3.05) is 6.54 Å². The number of carbonyl (C=O) groups excluding carboxylic acids is 2. The molecule has 0 aliphatic carbocycles. The van der Waals surface area contributed by atoms with Gasteiger partial charge in [-0.15, -0.1) is 0 Å². The zero-order valence-corrected chi connectivity index (χ0v) is 18.1. The van der Waals surface area contributed by atoms with E-state index in [-0.39, 0.29) is 19.6 Å². The first-order valence-electron chi connectivity index (χ1n) is 10.5. The predicted octanol–water partition coefficient (Wildman–Crippen LogP) is 3.74. The van der Waals surface area contributed by atoms with Gasteiger partial charge in [0.05, 0.1) is 6.07 Å². The van der Waals surface area contributed by atoms with Crippen LogP contribution in [0.5, 0.6) is 5.75 Å². The van der Waals surface area contributed by atoms with Crippen LogP contribution in [0.2, 0.25) is 0 Å². The number of amides is 2. The maximum Gasteiger partial charge on any atom is 0.408 e. The summed E-state index contributed by atoms with van der Waals surface area (Å²) in [6.07, 6.45) is -0.477. The summed E-state index contributed by atoms with van der Waals surface area (Å²) in [6, 6.07) is 27.4. The van der Waals surface area contributed by atoms with Gasteiger partial charge in [0.25, 0.3) is 0 Å². The predicted molar refractivity (Wildman–Crippen MR) is 123 cm³/mol. The van der Waals surface area contributed by atoms with E-state index in [1.54, 1.807) is 0 Å². The van der Waals surface area contributed by atoms with Gasteiger partial charge in [0.1, 0.15) is 31.5 Å². The Bertz CT molecular complexity index is 1060. The fraction of sp³-hybridized carbons (Fsp3) is 0.192. The zero-order chi connectivity index (χ0) is 23.3. The normalized spacial score (nSPS) is 11.0. The fourth-order valence-electron chi connectivity index (χ4n) is 3.06. The summed E-state index contributed by atoms with van der Waals surface area (Å²) < 4.78 is 11.0. The highest BCUT2D eigenvalue weighted by Crippen LogP contribution is 2.15. The van der Waals surface area contributed by atoms with E-state index < -0.39 is 18.0 Å². The summed E-state index contributed by atoms with van der Waals surface area (Å²) in [5.41, 5.74) is 2.72. The van der Waals surface area contributed by atoms with Gasteiger partial charge >= 0.3 is 6.09 Å². The van der Waals surface area contributed by atoms with Gasteiger partial charge in [-0.05, 0) is 28.8 Å². The third-order valence-electron chi connectivity index (χ3n) is 4.77. The highest BCUT2D eigenvalue weighted by Gasteiger charge is 2.22. The van der Waals surface area contributed by atoms with Gasteiger partial charge in [0.2, 0.25) is 5.91 Å². The van der Waals surface area contributed by atoms with Crippen LogP contribution in [0, 0.1) is 11.3 Å². The number of nitrogens with one attached hydrogen (secondary N) is 2. The summed E-state index contributed by atoms with van der Waals surface area (Å²) in [6.45, 7) is 0.392. The van der Waals surface area contributed by atoms with Crippen LogP contribution in [0.1, 0.15) is 16.7 Å². The topological polar surface area (TPSA) is 100 Å². The van der Waals surface area contributed by atoms with E-state index in [1.165, 1.54) is 0 Å². The smallest absolute Gasteiger partial charge is 0.408 e. The molecule has 3 aromatic carbocycles. The highest BCUT2D eigenvalue weighted by molar-refractivity contribution is 5.86. The number of nitriles is 1. The monoisotopic (exact) mass is 443 g/mol. The Balaban J connectivity index is 1.57. The number of hydrogen-bond donors (Lipinski definition) is 2. The quantitative estimate of drug-likeness (QED) is 0.465. The molecule has 0 saturated carbocycles. The molecule has 33 heavy (non-hydrogen) atoms. The lowest BCUT2D eigenvalue weighted by molar-refractivity contribution is -0.122. The Morgan fingerprint density at radius 2 is 1.42 bits per heavy atom. The SMILES string of the molecule is N#CCNC(=O)[C@H](Cc1ccc(OCc2ccccc2)cc1)NC(=O)OCc1ccccc1. The van der Waals surface area contributed by atoms with Crippen molar-refractivity contribution in [3.63, 3.8) is 0 Å². The van der Waals surface area contributed by atoms with Crippen molar-refractivity contribution in [3.8, 4) is 11.8 Å². The molecule has 1 atom stereocenters. The second kappa shape index (κ2) is 12.5. The lowest BCUT2D eigenvalue weighted by atomic mass is 10.1. The van der Waals surface area contributed by atoms with E-state index in [2.05, 4.69) is 10.6 Å². The van der Waals surface area contributed by atoms with Crippen LogP contribution in [-0.4, -0.2) is 24.6 Å². The van der Waals surface area contributed by atoms with Crippen molar-refractivity contribution in [1.82, 2.24) is 10.6 Å². The molecule has 3 rings (SSSR count). The molecule has 3 aromatic rings. The molecule has 7 nitrogen and oxygen atoms in total. The lowest BCUT2D eigenvalue weighted by Gasteiger charge is -2.18. The molecule has 0 aromatic heterocycles. The molecule has 0 aliphatic heterocycles. The van der Waals surface area contributed by atoms with Crippen molar-refractivity contribution in [1.29, 1.82) is 5.26 Å². The standard InChI is InChI=1S/C26H25N3O4/c27-15-16-28-25(30)24(29-26(31)33-19-22-9-5-2-6-10-22)17-20-11-13-23(14-12-20)32-18-21-7-3-1-4-8-21/h1-14,24H,16-19H2,(H,28,30)(H,29,31)/t24-/m0/s1. The van der Waals surface area contributed by atoms with Crippen molar-refractivity contribution in [2.24, 2.45) is 0 Å². The first-order valence-corrected chi connectivity index (χ1v) is 10.5. The van der Waals surface area contributed by atoms with E-state index in [0.29, 0.717) is 12.4 Å². The van der Waals surface area contributed by atoms with Gasteiger partial charge in [-0.1, -0.05) is 72.8 Å². The molecule has 0 unspecified atom stereocenters. The third-order valence-corrected chi connectivity index (χ3v) is 4.77. The molecular formula is C26H25N3O4. The van der Waals surface area contributed by atoms with Crippen LogP contribution in [0.3, 0.4) is 0 Å². The van der Waals surface area contributed by atoms with Crippen LogP contribution >= 0.6 is 0 Å². The van der Waals surface area contributed by atoms with E-state index in [4.69, 9.17) is 14.7 Å². The molecule has 0 saturated heterocycles. The Morgan fingerprint density at radius 3 is 2.03 bits per heavy atom. The largest absolute Gasteiger partial charge is 0.489 e. The minimum atomic E-state index is -0.891. The molecular weight excluding hydrogens is 418 g/mol. The van der Waals surface area contributed by atoms with Crippen molar-refractivity contribution in [3.05, 3.63) is 102 Å². The fourth-order valence-corrected chi connectivity index (χ4v) is 3.06. The molecule has 0 radical (unpaired) electrons. The number of carbonyl (C=O) groups is 2. The summed E-state index contributed by atoms with van der Waals surface area (Å²) in [7, 11) is 0. The minimum absolute atomic E-state index is 0.0899. The molecule has 0 fully saturated rings. The average molecular weight is 444 g/mol. The lowest BCUT2D eigenvalue weighted by Crippen LogP contribution is -2.48. The average Bonchev–Trinajstić information content (AvgIpc) is 2.86. The zero-order valence-electron chi connectivity index (χ0n) is 18.1. The molecule has 0 spiro atoms. The van der Waals surface area contributed by atoms with Crippen molar-refractivity contribution >= 4 is 12.0 Å². The Hall–Kier alpha value is -4.31. The van der Waals surface area contributed by atoms with Crippen molar-refractivity contribution < 1.29 is 19.1 Å². The number of benzene rings is 3. The molecule has 2 amide bonds. The van der Waals surface area contributed by atoms with E-state index in [9.17, 15) is 9.59 Å². The Morgan fingerprint density at radius 1 is 0.818 bits per heavy atom. The second-order valence-electron chi connectivity index (χ2n) is 7.26. The van der Waals surface area contributed by atoms with E-state index in [0.717, 1.165) is 16.7 Å². The Kier molecular flexibility index (Phi) is 8.86. The van der Waals surface area contributed by atoms with Crippen LogP contribution in [-0.2, 0) is 29.2 Å².